The van der Waals surface area contributed by atoms with Crippen LogP contribution in [-0.4, -0.2) is 0 Å². The van der Waals surface area contributed by atoms with Crippen LogP contribution in [0.4, 0.5) is 14.5 Å². The lowest BCUT2D eigenvalue weighted by Crippen LogP contribution is -2.12. The van der Waals surface area contributed by atoms with Crippen molar-refractivity contribution >= 4 is 5.69 Å². The summed E-state index contributed by atoms with van der Waals surface area (Å²) in [4.78, 5) is 0. The lowest BCUT2D eigenvalue weighted by Gasteiger charge is -2.26. The quantitative estimate of drug-likeness (QED) is 0.449. The van der Waals surface area contributed by atoms with Crippen molar-refractivity contribution in [1.29, 1.82) is 0 Å². The van der Waals surface area contributed by atoms with Gasteiger partial charge in [-0.25, -0.2) is 8.78 Å². The SMILES string of the molecule is CC1CCC(CCCCc2ccc(-c3cc(F)c(N)c(F)c3)cc2)CC1. The van der Waals surface area contributed by atoms with Gasteiger partial charge in [0.2, 0.25) is 0 Å². The molecule has 2 N–H and O–H groups in total. The van der Waals surface area contributed by atoms with Crippen molar-refractivity contribution in [3.63, 3.8) is 0 Å². The van der Waals surface area contributed by atoms with Crippen molar-refractivity contribution in [3.8, 4) is 11.1 Å². The van der Waals surface area contributed by atoms with Crippen molar-refractivity contribution in [3.05, 3.63) is 53.6 Å². The van der Waals surface area contributed by atoms with Gasteiger partial charge in [-0.2, -0.15) is 0 Å². The van der Waals surface area contributed by atoms with Crippen LogP contribution in [0.3, 0.4) is 0 Å². The Morgan fingerprint density at radius 3 is 2.12 bits per heavy atom. The number of hydrogen-bond acceptors (Lipinski definition) is 1. The van der Waals surface area contributed by atoms with Gasteiger partial charge in [-0.1, -0.05) is 69.7 Å². The van der Waals surface area contributed by atoms with Gasteiger partial charge >= 0.3 is 0 Å². The predicted molar refractivity (Wildman–Crippen MR) is 105 cm³/mol. The van der Waals surface area contributed by atoms with Gasteiger partial charge in [-0.05, 0) is 53.5 Å². The average molecular weight is 357 g/mol. The van der Waals surface area contributed by atoms with Crippen molar-refractivity contribution in [2.75, 3.05) is 5.73 Å². The maximum atomic E-state index is 13.6. The highest BCUT2D eigenvalue weighted by Crippen LogP contribution is 2.31. The van der Waals surface area contributed by atoms with E-state index in [0.29, 0.717) is 5.56 Å². The van der Waals surface area contributed by atoms with Gasteiger partial charge in [-0.3, -0.25) is 0 Å². The van der Waals surface area contributed by atoms with Crippen LogP contribution < -0.4 is 5.73 Å². The first-order chi connectivity index (χ1) is 12.5. The molecule has 0 saturated heterocycles. The van der Waals surface area contributed by atoms with Crippen LogP contribution in [0.15, 0.2) is 36.4 Å². The molecule has 1 aliphatic carbocycles. The molecular weight excluding hydrogens is 328 g/mol. The molecule has 0 radical (unpaired) electrons. The molecule has 0 aromatic heterocycles. The number of rotatable bonds is 6. The highest BCUT2D eigenvalue weighted by molar-refractivity contribution is 5.66. The summed E-state index contributed by atoms with van der Waals surface area (Å²) < 4.78 is 27.2. The molecule has 0 amide bonds. The molecule has 1 saturated carbocycles. The molecule has 3 rings (SSSR count). The lowest BCUT2D eigenvalue weighted by molar-refractivity contribution is 0.272. The predicted octanol–water partition coefficient (Wildman–Crippen LogP) is 6.75. The van der Waals surface area contributed by atoms with Crippen LogP contribution >= 0.6 is 0 Å². The molecule has 1 nitrogen and oxygen atoms in total. The number of hydrogen-bond donors (Lipinski definition) is 1. The Morgan fingerprint density at radius 1 is 0.885 bits per heavy atom. The van der Waals surface area contributed by atoms with Gasteiger partial charge in [-0.15, -0.1) is 0 Å². The maximum absolute atomic E-state index is 13.6. The second-order valence-electron chi connectivity index (χ2n) is 7.92. The maximum Gasteiger partial charge on any atom is 0.149 e. The third-order valence-corrected chi connectivity index (χ3v) is 5.83. The van der Waals surface area contributed by atoms with E-state index in [4.69, 9.17) is 5.73 Å². The number of halogens is 2. The Kier molecular flexibility index (Phi) is 6.29. The fraction of sp³-hybridized carbons (Fsp3) is 0.478. The standard InChI is InChI=1S/C23H29F2N/c1-16-6-8-17(9-7-16)4-2-3-5-18-10-12-19(13-11-18)20-14-21(24)23(26)22(25)15-20/h10-17H,2-9,26H2,1H3. The van der Waals surface area contributed by atoms with E-state index in [2.05, 4.69) is 19.1 Å². The van der Waals surface area contributed by atoms with Gasteiger partial charge in [0.15, 0.2) is 0 Å². The fourth-order valence-corrected chi connectivity index (χ4v) is 3.99. The minimum absolute atomic E-state index is 0.419. The average Bonchev–Trinajstić information content (AvgIpc) is 2.65. The summed E-state index contributed by atoms with van der Waals surface area (Å²) in [5.74, 6) is 0.444. The van der Waals surface area contributed by atoms with E-state index in [1.54, 1.807) is 0 Å². The topological polar surface area (TPSA) is 26.0 Å². The van der Waals surface area contributed by atoms with Crippen LogP contribution in [0, 0.1) is 23.5 Å². The molecule has 0 spiro atoms. The van der Waals surface area contributed by atoms with E-state index in [0.717, 1.165) is 23.8 Å². The first-order valence-electron chi connectivity index (χ1n) is 9.86. The number of benzene rings is 2. The molecule has 26 heavy (non-hydrogen) atoms. The minimum Gasteiger partial charge on any atom is -0.394 e. The Labute approximate surface area is 155 Å². The summed E-state index contributed by atoms with van der Waals surface area (Å²) in [6.45, 7) is 2.37. The molecule has 140 valence electrons. The number of aryl methyl sites for hydroxylation is 1. The molecule has 2 aromatic rings. The smallest absolute Gasteiger partial charge is 0.149 e. The summed E-state index contributed by atoms with van der Waals surface area (Å²) in [5.41, 5.74) is 7.52. The Bertz CT molecular complexity index is 692. The van der Waals surface area contributed by atoms with E-state index >= 15 is 0 Å². The first-order valence-corrected chi connectivity index (χ1v) is 9.86. The van der Waals surface area contributed by atoms with Gasteiger partial charge in [0.25, 0.3) is 0 Å². The largest absolute Gasteiger partial charge is 0.394 e. The van der Waals surface area contributed by atoms with E-state index in [1.165, 1.54) is 62.6 Å². The molecule has 1 fully saturated rings. The second kappa shape index (κ2) is 8.66. The highest BCUT2D eigenvalue weighted by Gasteiger charge is 2.17. The second-order valence-corrected chi connectivity index (χ2v) is 7.92. The van der Waals surface area contributed by atoms with E-state index in [9.17, 15) is 8.78 Å². The van der Waals surface area contributed by atoms with Crippen LogP contribution in [0.5, 0.6) is 0 Å². The molecule has 0 unspecified atom stereocenters. The zero-order valence-electron chi connectivity index (χ0n) is 15.6. The zero-order chi connectivity index (χ0) is 18.5. The minimum atomic E-state index is -0.707. The van der Waals surface area contributed by atoms with Crippen molar-refractivity contribution in [1.82, 2.24) is 0 Å². The highest BCUT2D eigenvalue weighted by atomic mass is 19.1. The summed E-state index contributed by atoms with van der Waals surface area (Å²) in [6, 6.07) is 10.6. The normalized spacial score (nSPS) is 20.3. The summed E-state index contributed by atoms with van der Waals surface area (Å²) in [5, 5.41) is 0. The van der Waals surface area contributed by atoms with Gasteiger partial charge < -0.3 is 5.73 Å². The number of anilines is 1. The first kappa shape index (κ1) is 18.9. The Balaban J connectivity index is 1.49. The number of nitrogen functional groups attached to an aromatic ring is 1. The lowest BCUT2D eigenvalue weighted by atomic mass is 9.80. The van der Waals surface area contributed by atoms with Crippen LogP contribution in [0.25, 0.3) is 11.1 Å². The van der Waals surface area contributed by atoms with Crippen molar-refractivity contribution < 1.29 is 8.78 Å². The monoisotopic (exact) mass is 357 g/mol. The number of unbranched alkanes of at least 4 members (excludes halogenated alkanes) is 1. The van der Waals surface area contributed by atoms with Gasteiger partial charge in [0, 0.05) is 0 Å². The summed E-state index contributed by atoms with van der Waals surface area (Å²) in [7, 11) is 0. The summed E-state index contributed by atoms with van der Waals surface area (Å²) in [6.07, 6.45) is 10.5. The van der Waals surface area contributed by atoms with Gasteiger partial charge in [0.1, 0.15) is 17.3 Å². The zero-order valence-corrected chi connectivity index (χ0v) is 15.6. The molecule has 0 aliphatic heterocycles. The van der Waals surface area contributed by atoms with E-state index < -0.39 is 17.3 Å². The van der Waals surface area contributed by atoms with Gasteiger partial charge in [0.05, 0.1) is 0 Å². The third kappa shape index (κ3) is 4.84. The molecular formula is C23H29F2N. The van der Waals surface area contributed by atoms with Crippen LogP contribution in [0.1, 0.15) is 57.4 Å². The van der Waals surface area contributed by atoms with E-state index in [1.807, 2.05) is 12.1 Å². The molecule has 1 aliphatic rings. The molecule has 3 heteroatoms. The van der Waals surface area contributed by atoms with Crippen LogP contribution in [-0.2, 0) is 6.42 Å². The molecule has 0 heterocycles. The molecule has 2 aromatic carbocycles. The third-order valence-electron chi connectivity index (χ3n) is 5.83. The molecule has 0 bridgehead atoms. The molecule has 0 atom stereocenters. The fourth-order valence-electron chi connectivity index (χ4n) is 3.99. The van der Waals surface area contributed by atoms with Crippen molar-refractivity contribution in [2.45, 2.75) is 58.3 Å². The Morgan fingerprint density at radius 2 is 1.50 bits per heavy atom. The Hall–Kier alpha value is -1.90. The van der Waals surface area contributed by atoms with E-state index in [-0.39, 0.29) is 0 Å². The number of nitrogens with two attached hydrogens (primary N) is 1. The summed E-state index contributed by atoms with van der Waals surface area (Å²) >= 11 is 0. The van der Waals surface area contributed by atoms with Crippen molar-refractivity contribution in [2.24, 2.45) is 11.8 Å². The van der Waals surface area contributed by atoms with Crippen LogP contribution in [0.2, 0.25) is 0 Å².